The van der Waals surface area contributed by atoms with Gasteiger partial charge in [0.2, 0.25) is 5.01 Å². The maximum Gasteiger partial charge on any atom is 0.282 e. The average molecular weight is 458 g/mol. The third-order valence-corrected chi connectivity index (χ3v) is 6.02. The number of nitrogens with zero attached hydrogens (tertiary/aromatic N) is 4. The van der Waals surface area contributed by atoms with E-state index in [4.69, 9.17) is 9.15 Å². The Balaban J connectivity index is 1.33. The minimum Gasteiger partial charge on any atom is -0.496 e. The van der Waals surface area contributed by atoms with Gasteiger partial charge in [-0.1, -0.05) is 47.4 Å². The SMILES string of the molecule is COc1ccccc1-c1nnc(SCc2nnc(C(=O)NCc3ccc(F)cc3)s2)o1. The van der Waals surface area contributed by atoms with Gasteiger partial charge in [-0.05, 0) is 29.8 Å². The van der Waals surface area contributed by atoms with Gasteiger partial charge >= 0.3 is 0 Å². The van der Waals surface area contributed by atoms with E-state index < -0.39 is 0 Å². The Hall–Kier alpha value is -3.31. The maximum absolute atomic E-state index is 12.9. The second-order valence-electron chi connectivity index (χ2n) is 6.17. The first-order valence-electron chi connectivity index (χ1n) is 9.07. The summed E-state index contributed by atoms with van der Waals surface area (Å²) in [6, 6.07) is 13.3. The van der Waals surface area contributed by atoms with Gasteiger partial charge in [0.05, 0.1) is 18.4 Å². The van der Waals surface area contributed by atoms with E-state index in [2.05, 4.69) is 25.7 Å². The van der Waals surface area contributed by atoms with Crippen LogP contribution in [0.4, 0.5) is 4.39 Å². The summed E-state index contributed by atoms with van der Waals surface area (Å²) >= 11 is 2.48. The molecule has 0 spiro atoms. The zero-order valence-electron chi connectivity index (χ0n) is 16.2. The minimum atomic E-state index is -0.339. The molecule has 0 atom stereocenters. The molecule has 0 saturated carbocycles. The van der Waals surface area contributed by atoms with Crippen LogP contribution in [-0.4, -0.2) is 33.4 Å². The molecule has 2 aromatic heterocycles. The van der Waals surface area contributed by atoms with Crippen LogP contribution in [0, 0.1) is 5.82 Å². The van der Waals surface area contributed by atoms with Crippen molar-refractivity contribution in [1.82, 2.24) is 25.7 Å². The Morgan fingerprint density at radius 1 is 1.13 bits per heavy atom. The number of benzene rings is 2. The molecular formula is C20H16FN5O3S2. The molecule has 2 aromatic carbocycles. The molecule has 0 aliphatic carbocycles. The highest BCUT2D eigenvalue weighted by Crippen LogP contribution is 2.31. The fourth-order valence-corrected chi connectivity index (χ4v) is 4.09. The quantitative estimate of drug-likeness (QED) is 0.397. The number of para-hydroxylation sites is 1. The lowest BCUT2D eigenvalue weighted by Crippen LogP contribution is -2.22. The van der Waals surface area contributed by atoms with Crippen molar-refractivity contribution in [2.75, 3.05) is 7.11 Å². The molecule has 0 saturated heterocycles. The van der Waals surface area contributed by atoms with E-state index >= 15 is 0 Å². The summed E-state index contributed by atoms with van der Waals surface area (Å²) in [6.45, 7) is 0.274. The Labute approximate surface area is 184 Å². The van der Waals surface area contributed by atoms with E-state index in [-0.39, 0.29) is 23.3 Å². The van der Waals surface area contributed by atoms with Crippen molar-refractivity contribution in [3.63, 3.8) is 0 Å². The van der Waals surface area contributed by atoms with Crippen LogP contribution in [0.15, 0.2) is 58.2 Å². The maximum atomic E-state index is 12.9. The molecule has 1 N–H and O–H groups in total. The number of amides is 1. The fraction of sp³-hybridized carbons (Fsp3) is 0.150. The molecule has 0 unspecified atom stereocenters. The number of aromatic nitrogens is 4. The number of ether oxygens (including phenoxy) is 1. The van der Waals surface area contributed by atoms with E-state index in [1.807, 2.05) is 24.3 Å². The Kier molecular flexibility index (Phi) is 6.53. The molecule has 0 aliphatic rings. The van der Waals surface area contributed by atoms with Gasteiger partial charge in [0.1, 0.15) is 16.6 Å². The summed E-state index contributed by atoms with van der Waals surface area (Å²) in [5.74, 6) is 0.768. The summed E-state index contributed by atoms with van der Waals surface area (Å²) in [7, 11) is 1.58. The Morgan fingerprint density at radius 2 is 1.94 bits per heavy atom. The number of hydrogen-bond donors (Lipinski definition) is 1. The number of nitrogens with one attached hydrogen (secondary N) is 1. The molecule has 31 heavy (non-hydrogen) atoms. The second kappa shape index (κ2) is 9.67. The van der Waals surface area contributed by atoms with E-state index in [1.165, 1.54) is 35.2 Å². The molecule has 2 heterocycles. The summed E-state index contributed by atoms with van der Waals surface area (Å²) in [5, 5.41) is 20.1. The smallest absolute Gasteiger partial charge is 0.282 e. The predicted octanol–water partition coefficient (Wildman–Crippen LogP) is 3.96. The van der Waals surface area contributed by atoms with Crippen LogP contribution >= 0.6 is 23.1 Å². The summed E-state index contributed by atoms with van der Waals surface area (Å²) in [5.41, 5.74) is 1.50. The molecule has 4 aromatic rings. The zero-order valence-corrected chi connectivity index (χ0v) is 17.9. The monoisotopic (exact) mass is 457 g/mol. The first-order chi connectivity index (χ1) is 15.1. The molecule has 158 valence electrons. The molecule has 4 rings (SSSR count). The van der Waals surface area contributed by atoms with Crippen molar-refractivity contribution in [3.05, 3.63) is 69.9 Å². The molecule has 0 fully saturated rings. The van der Waals surface area contributed by atoms with Gasteiger partial charge in [0.15, 0.2) is 0 Å². The van der Waals surface area contributed by atoms with Gasteiger partial charge in [-0.2, -0.15) is 0 Å². The first kappa shape index (κ1) is 20.9. The van der Waals surface area contributed by atoms with E-state index in [1.54, 1.807) is 19.2 Å². The number of carbonyl (C=O) groups is 1. The predicted molar refractivity (Wildman–Crippen MR) is 113 cm³/mol. The third-order valence-electron chi connectivity index (χ3n) is 4.09. The van der Waals surface area contributed by atoms with Crippen LogP contribution in [0.3, 0.4) is 0 Å². The van der Waals surface area contributed by atoms with Gasteiger partial charge in [-0.25, -0.2) is 4.39 Å². The lowest BCUT2D eigenvalue weighted by molar-refractivity contribution is 0.0950. The molecule has 8 nitrogen and oxygen atoms in total. The third kappa shape index (κ3) is 5.25. The number of carbonyl (C=O) groups excluding carboxylic acids is 1. The number of methoxy groups -OCH3 is 1. The van der Waals surface area contributed by atoms with Crippen LogP contribution in [0.25, 0.3) is 11.5 Å². The topological polar surface area (TPSA) is 103 Å². The van der Waals surface area contributed by atoms with Crippen molar-refractivity contribution in [3.8, 4) is 17.2 Å². The molecule has 0 bridgehead atoms. The van der Waals surface area contributed by atoms with Crippen molar-refractivity contribution in [2.24, 2.45) is 0 Å². The highest BCUT2D eigenvalue weighted by Gasteiger charge is 2.16. The van der Waals surface area contributed by atoms with Crippen LogP contribution in [-0.2, 0) is 12.3 Å². The van der Waals surface area contributed by atoms with Crippen molar-refractivity contribution in [1.29, 1.82) is 0 Å². The normalized spacial score (nSPS) is 10.8. The van der Waals surface area contributed by atoms with Gasteiger partial charge in [0, 0.05) is 6.54 Å². The first-order valence-corrected chi connectivity index (χ1v) is 10.9. The summed E-state index contributed by atoms with van der Waals surface area (Å²) in [4.78, 5) is 12.3. The number of halogens is 1. The van der Waals surface area contributed by atoms with Crippen LogP contribution in [0.1, 0.15) is 20.4 Å². The van der Waals surface area contributed by atoms with Crippen LogP contribution in [0.2, 0.25) is 0 Å². The second-order valence-corrected chi connectivity index (χ2v) is 8.16. The van der Waals surface area contributed by atoms with Crippen LogP contribution in [0.5, 0.6) is 5.75 Å². The van der Waals surface area contributed by atoms with Crippen molar-refractivity contribution in [2.45, 2.75) is 17.5 Å². The van der Waals surface area contributed by atoms with Gasteiger partial charge in [-0.15, -0.1) is 20.4 Å². The van der Waals surface area contributed by atoms with E-state index in [0.29, 0.717) is 33.2 Å². The number of hydrogen-bond acceptors (Lipinski definition) is 9. The van der Waals surface area contributed by atoms with Gasteiger partial charge in [-0.3, -0.25) is 4.79 Å². The lowest BCUT2D eigenvalue weighted by atomic mass is 10.2. The lowest BCUT2D eigenvalue weighted by Gasteiger charge is -2.03. The van der Waals surface area contributed by atoms with Crippen molar-refractivity contribution >= 4 is 29.0 Å². The molecule has 0 aliphatic heterocycles. The van der Waals surface area contributed by atoms with Gasteiger partial charge in [0.25, 0.3) is 17.0 Å². The molecule has 11 heteroatoms. The Morgan fingerprint density at radius 3 is 2.74 bits per heavy atom. The highest BCUT2D eigenvalue weighted by molar-refractivity contribution is 7.98. The zero-order chi connectivity index (χ0) is 21.6. The standard InChI is InChI=1S/C20H16FN5O3S2/c1-28-15-5-3-2-4-14(15)18-24-26-20(29-18)30-11-16-23-25-19(31-16)17(27)22-10-12-6-8-13(21)9-7-12/h2-9H,10-11H2,1H3,(H,22,27). The highest BCUT2D eigenvalue weighted by atomic mass is 32.2. The molecule has 1 amide bonds. The van der Waals surface area contributed by atoms with Crippen LogP contribution < -0.4 is 10.1 Å². The molecular weight excluding hydrogens is 441 g/mol. The van der Waals surface area contributed by atoms with E-state index in [0.717, 1.165) is 5.56 Å². The average Bonchev–Trinajstić information content (AvgIpc) is 3.47. The fourth-order valence-electron chi connectivity index (χ4n) is 2.59. The van der Waals surface area contributed by atoms with E-state index in [9.17, 15) is 9.18 Å². The number of thioether (sulfide) groups is 1. The summed E-state index contributed by atoms with van der Waals surface area (Å²) in [6.07, 6.45) is 0. The van der Waals surface area contributed by atoms with Crippen molar-refractivity contribution < 1.29 is 18.3 Å². The summed E-state index contributed by atoms with van der Waals surface area (Å²) < 4.78 is 24.0. The van der Waals surface area contributed by atoms with Gasteiger partial charge < -0.3 is 14.5 Å². The Bertz CT molecular complexity index is 1180. The number of rotatable bonds is 8. The molecule has 0 radical (unpaired) electrons. The largest absolute Gasteiger partial charge is 0.496 e. The minimum absolute atomic E-state index is 0.248.